The molecule has 0 unspecified atom stereocenters. The van der Waals surface area contributed by atoms with Gasteiger partial charge in [0.15, 0.2) is 0 Å². The number of nitrogens with zero attached hydrogens (tertiary/aromatic N) is 5. The van der Waals surface area contributed by atoms with Gasteiger partial charge in [0.1, 0.15) is 5.25 Å². The Balaban J connectivity index is 1.68. The SMILES string of the molecule is Cc1ccccc1-n1nnnc1S[C@H](C(=O)N1CCCC1)c1ccccc1. The highest BCUT2D eigenvalue weighted by atomic mass is 32.2. The van der Waals surface area contributed by atoms with Gasteiger partial charge in [0.25, 0.3) is 0 Å². The molecular weight excluding hydrogens is 358 g/mol. The van der Waals surface area contributed by atoms with Crippen LogP contribution in [-0.2, 0) is 4.79 Å². The molecule has 2 heterocycles. The zero-order valence-corrected chi connectivity index (χ0v) is 16.0. The van der Waals surface area contributed by atoms with E-state index in [1.807, 2.05) is 66.4 Å². The average Bonchev–Trinajstić information content (AvgIpc) is 3.39. The number of aromatic nitrogens is 4. The third-order valence-electron chi connectivity index (χ3n) is 4.75. The molecule has 7 heteroatoms. The molecule has 27 heavy (non-hydrogen) atoms. The molecule has 1 aliphatic heterocycles. The number of hydrogen-bond donors (Lipinski definition) is 0. The lowest BCUT2D eigenvalue weighted by atomic mass is 10.1. The minimum atomic E-state index is -0.363. The van der Waals surface area contributed by atoms with Crippen molar-refractivity contribution in [2.75, 3.05) is 13.1 Å². The second-order valence-corrected chi connectivity index (χ2v) is 7.67. The summed E-state index contributed by atoms with van der Waals surface area (Å²) in [6, 6.07) is 17.8. The van der Waals surface area contributed by atoms with E-state index >= 15 is 0 Å². The first-order valence-electron chi connectivity index (χ1n) is 9.09. The lowest BCUT2D eigenvalue weighted by Crippen LogP contribution is -2.31. The summed E-state index contributed by atoms with van der Waals surface area (Å²) in [5.41, 5.74) is 2.97. The number of amides is 1. The van der Waals surface area contributed by atoms with Crippen LogP contribution in [0.4, 0.5) is 0 Å². The molecule has 3 aromatic rings. The molecule has 0 N–H and O–H groups in total. The smallest absolute Gasteiger partial charge is 0.240 e. The van der Waals surface area contributed by atoms with Gasteiger partial charge in [0, 0.05) is 13.1 Å². The fourth-order valence-corrected chi connectivity index (χ4v) is 4.37. The van der Waals surface area contributed by atoms with Crippen molar-refractivity contribution in [2.45, 2.75) is 30.2 Å². The molecule has 6 nitrogen and oxygen atoms in total. The molecule has 138 valence electrons. The number of carbonyl (C=O) groups excluding carboxylic acids is 1. The van der Waals surface area contributed by atoms with E-state index < -0.39 is 0 Å². The predicted molar refractivity (Wildman–Crippen MR) is 105 cm³/mol. The summed E-state index contributed by atoms with van der Waals surface area (Å²) >= 11 is 1.41. The van der Waals surface area contributed by atoms with Gasteiger partial charge in [-0.05, 0) is 47.4 Å². The van der Waals surface area contributed by atoms with E-state index in [-0.39, 0.29) is 11.2 Å². The molecule has 1 amide bonds. The van der Waals surface area contributed by atoms with Crippen LogP contribution in [-0.4, -0.2) is 44.1 Å². The van der Waals surface area contributed by atoms with Crippen molar-refractivity contribution >= 4 is 17.7 Å². The van der Waals surface area contributed by atoms with E-state index in [0.29, 0.717) is 5.16 Å². The number of para-hydroxylation sites is 1. The lowest BCUT2D eigenvalue weighted by molar-refractivity contribution is -0.129. The summed E-state index contributed by atoms with van der Waals surface area (Å²) in [4.78, 5) is 15.2. The monoisotopic (exact) mass is 379 g/mol. The van der Waals surface area contributed by atoms with Crippen molar-refractivity contribution < 1.29 is 4.79 Å². The highest BCUT2D eigenvalue weighted by Crippen LogP contribution is 2.37. The van der Waals surface area contributed by atoms with Crippen molar-refractivity contribution in [2.24, 2.45) is 0 Å². The Morgan fingerprint density at radius 2 is 1.74 bits per heavy atom. The van der Waals surface area contributed by atoms with Crippen molar-refractivity contribution in [3.8, 4) is 5.69 Å². The highest BCUT2D eigenvalue weighted by Gasteiger charge is 2.30. The predicted octanol–water partition coefficient (Wildman–Crippen LogP) is 3.43. The fraction of sp³-hybridized carbons (Fsp3) is 0.300. The standard InChI is InChI=1S/C20H21N5OS/c1-15-9-5-6-12-17(15)25-20(21-22-23-25)27-18(16-10-3-2-4-11-16)19(26)24-13-7-8-14-24/h2-6,9-12,18H,7-8,13-14H2,1H3/t18-/m0/s1. The number of hydrogen-bond acceptors (Lipinski definition) is 5. The summed E-state index contributed by atoms with van der Waals surface area (Å²) in [5, 5.41) is 12.5. The summed E-state index contributed by atoms with van der Waals surface area (Å²) < 4.78 is 1.72. The molecule has 1 fully saturated rings. The number of tetrazole rings is 1. The number of rotatable bonds is 5. The van der Waals surface area contributed by atoms with Crippen LogP contribution in [0.5, 0.6) is 0 Å². The third kappa shape index (κ3) is 3.73. The molecule has 0 bridgehead atoms. The Labute approximate surface area is 162 Å². The van der Waals surface area contributed by atoms with Crippen LogP contribution in [0.1, 0.15) is 29.2 Å². The van der Waals surface area contributed by atoms with Gasteiger partial charge in [-0.3, -0.25) is 4.79 Å². The number of thioether (sulfide) groups is 1. The van der Waals surface area contributed by atoms with Gasteiger partial charge in [-0.25, -0.2) is 0 Å². The lowest BCUT2D eigenvalue weighted by Gasteiger charge is -2.22. The second-order valence-electron chi connectivity index (χ2n) is 6.60. The molecule has 0 saturated carbocycles. The van der Waals surface area contributed by atoms with Gasteiger partial charge >= 0.3 is 0 Å². The molecule has 1 atom stereocenters. The van der Waals surface area contributed by atoms with Gasteiger partial charge in [0.05, 0.1) is 5.69 Å². The first-order valence-corrected chi connectivity index (χ1v) is 9.97. The molecule has 1 aliphatic rings. The normalized spacial score (nSPS) is 15.1. The van der Waals surface area contributed by atoms with Crippen LogP contribution >= 0.6 is 11.8 Å². The van der Waals surface area contributed by atoms with Crippen molar-refractivity contribution in [3.05, 3.63) is 65.7 Å². The third-order valence-corrected chi connectivity index (χ3v) is 5.93. The van der Waals surface area contributed by atoms with Gasteiger partial charge in [0.2, 0.25) is 11.1 Å². The van der Waals surface area contributed by atoms with Crippen molar-refractivity contribution in [1.29, 1.82) is 0 Å². The molecule has 0 aliphatic carbocycles. The average molecular weight is 379 g/mol. The number of likely N-dealkylation sites (tertiary alicyclic amines) is 1. The van der Waals surface area contributed by atoms with E-state index in [1.165, 1.54) is 11.8 Å². The van der Waals surface area contributed by atoms with E-state index in [9.17, 15) is 4.79 Å². The van der Waals surface area contributed by atoms with Crippen molar-refractivity contribution in [1.82, 2.24) is 25.1 Å². The van der Waals surface area contributed by atoms with Crippen LogP contribution in [0.3, 0.4) is 0 Å². The summed E-state index contributed by atoms with van der Waals surface area (Å²) in [6.45, 7) is 3.67. The zero-order chi connectivity index (χ0) is 18.6. The first-order chi connectivity index (χ1) is 13.2. The van der Waals surface area contributed by atoms with Gasteiger partial charge in [-0.1, -0.05) is 60.3 Å². The van der Waals surface area contributed by atoms with Gasteiger partial charge in [-0.15, -0.1) is 5.10 Å². The minimum absolute atomic E-state index is 0.128. The Morgan fingerprint density at radius 3 is 2.48 bits per heavy atom. The maximum absolute atomic E-state index is 13.2. The largest absolute Gasteiger partial charge is 0.341 e. The second kappa shape index (κ2) is 7.92. The molecule has 4 rings (SSSR count). The number of aryl methyl sites for hydroxylation is 1. The molecule has 0 radical (unpaired) electrons. The number of benzene rings is 2. The Hall–Kier alpha value is -2.67. The van der Waals surface area contributed by atoms with Crippen LogP contribution in [0.25, 0.3) is 5.69 Å². The Kier molecular flexibility index (Phi) is 5.20. The number of carbonyl (C=O) groups is 1. The molecular formula is C20H21N5OS. The molecule has 1 aromatic heterocycles. The summed E-state index contributed by atoms with van der Waals surface area (Å²) in [7, 11) is 0. The van der Waals surface area contributed by atoms with Crippen LogP contribution in [0.2, 0.25) is 0 Å². The van der Waals surface area contributed by atoms with E-state index in [1.54, 1.807) is 4.68 Å². The maximum atomic E-state index is 13.2. The minimum Gasteiger partial charge on any atom is -0.341 e. The van der Waals surface area contributed by atoms with E-state index in [4.69, 9.17) is 0 Å². The molecule has 0 spiro atoms. The maximum Gasteiger partial charge on any atom is 0.240 e. The summed E-state index contributed by atoms with van der Waals surface area (Å²) in [6.07, 6.45) is 2.14. The topological polar surface area (TPSA) is 63.9 Å². The Bertz CT molecular complexity index is 921. The van der Waals surface area contributed by atoms with Gasteiger partial charge in [-0.2, -0.15) is 4.68 Å². The van der Waals surface area contributed by atoms with Crippen molar-refractivity contribution in [3.63, 3.8) is 0 Å². The van der Waals surface area contributed by atoms with Gasteiger partial charge < -0.3 is 4.90 Å². The zero-order valence-electron chi connectivity index (χ0n) is 15.2. The first kappa shape index (κ1) is 17.7. The summed E-state index contributed by atoms with van der Waals surface area (Å²) in [5.74, 6) is 0.128. The van der Waals surface area contributed by atoms with Crippen LogP contribution in [0.15, 0.2) is 59.8 Å². The van der Waals surface area contributed by atoms with E-state index in [0.717, 1.165) is 42.7 Å². The fourth-order valence-electron chi connectivity index (χ4n) is 3.30. The quantitative estimate of drug-likeness (QED) is 0.636. The molecule has 2 aromatic carbocycles. The highest BCUT2D eigenvalue weighted by molar-refractivity contribution is 8.00. The van der Waals surface area contributed by atoms with E-state index in [2.05, 4.69) is 15.5 Å². The van der Waals surface area contributed by atoms with Crippen LogP contribution in [0, 0.1) is 6.92 Å². The van der Waals surface area contributed by atoms with Crippen LogP contribution < -0.4 is 0 Å². The molecule has 1 saturated heterocycles. The Morgan fingerprint density at radius 1 is 1.04 bits per heavy atom.